The summed E-state index contributed by atoms with van der Waals surface area (Å²) in [5.74, 6) is 1.78. The van der Waals surface area contributed by atoms with Gasteiger partial charge in [0.2, 0.25) is 0 Å². The summed E-state index contributed by atoms with van der Waals surface area (Å²) in [6, 6.07) is 8.14. The summed E-state index contributed by atoms with van der Waals surface area (Å²) in [6.07, 6.45) is 6.32. The molecule has 0 heterocycles. The lowest BCUT2D eigenvalue weighted by Gasteiger charge is -2.30. The monoisotopic (exact) mass is 489 g/mol. The van der Waals surface area contributed by atoms with Crippen LogP contribution in [0.15, 0.2) is 29.3 Å². The van der Waals surface area contributed by atoms with Crippen LogP contribution in [-0.2, 0) is 11.3 Å². The van der Waals surface area contributed by atoms with E-state index in [1.54, 1.807) is 0 Å². The molecule has 0 amide bonds. The van der Waals surface area contributed by atoms with Crippen LogP contribution in [0.5, 0.6) is 5.75 Å². The Labute approximate surface area is 181 Å². The molecule has 0 spiro atoms. The Hall–Kier alpha value is -1.02. The van der Waals surface area contributed by atoms with E-state index >= 15 is 0 Å². The molecule has 5 nitrogen and oxygen atoms in total. The van der Waals surface area contributed by atoms with Crippen LogP contribution in [0.2, 0.25) is 0 Å². The molecule has 1 aromatic carbocycles. The van der Waals surface area contributed by atoms with E-state index in [1.807, 2.05) is 32.2 Å². The molecule has 2 rings (SSSR count). The number of para-hydroxylation sites is 1. The summed E-state index contributed by atoms with van der Waals surface area (Å²) in [7, 11) is 1.82. The first kappa shape index (κ1) is 24.0. The second-order valence-corrected chi connectivity index (χ2v) is 6.97. The smallest absolute Gasteiger partial charge is 0.191 e. The fourth-order valence-corrected chi connectivity index (χ4v) is 3.69. The van der Waals surface area contributed by atoms with E-state index in [1.165, 1.54) is 25.7 Å². The SMILES string of the molecule is CCOCCC1(CNC(=NC)NCc2ccccc2OCC)CCCC1.I. The van der Waals surface area contributed by atoms with E-state index in [0.717, 1.165) is 43.5 Å². The Morgan fingerprint density at radius 1 is 1.11 bits per heavy atom. The topological polar surface area (TPSA) is 54.9 Å². The van der Waals surface area contributed by atoms with E-state index in [0.29, 0.717) is 18.6 Å². The first-order valence-corrected chi connectivity index (χ1v) is 9.96. The zero-order valence-electron chi connectivity index (χ0n) is 17.1. The van der Waals surface area contributed by atoms with Crippen molar-refractivity contribution in [2.75, 3.05) is 33.4 Å². The van der Waals surface area contributed by atoms with Gasteiger partial charge in [-0.3, -0.25) is 4.99 Å². The number of nitrogens with zero attached hydrogens (tertiary/aromatic N) is 1. The molecule has 1 aromatic rings. The van der Waals surface area contributed by atoms with Gasteiger partial charge in [-0.2, -0.15) is 0 Å². The van der Waals surface area contributed by atoms with Gasteiger partial charge in [0.25, 0.3) is 0 Å². The van der Waals surface area contributed by atoms with Crippen LogP contribution in [0, 0.1) is 5.41 Å². The third-order valence-corrected chi connectivity index (χ3v) is 5.22. The van der Waals surface area contributed by atoms with Crippen molar-refractivity contribution in [3.05, 3.63) is 29.8 Å². The average Bonchev–Trinajstić information content (AvgIpc) is 3.12. The molecule has 1 aliphatic carbocycles. The maximum Gasteiger partial charge on any atom is 0.191 e. The quantitative estimate of drug-likeness (QED) is 0.222. The number of rotatable bonds is 10. The van der Waals surface area contributed by atoms with Gasteiger partial charge in [-0.05, 0) is 44.6 Å². The van der Waals surface area contributed by atoms with Gasteiger partial charge in [0.05, 0.1) is 6.61 Å². The Morgan fingerprint density at radius 2 is 1.85 bits per heavy atom. The minimum Gasteiger partial charge on any atom is -0.494 e. The van der Waals surface area contributed by atoms with Crippen LogP contribution >= 0.6 is 24.0 Å². The Morgan fingerprint density at radius 3 is 2.52 bits per heavy atom. The van der Waals surface area contributed by atoms with E-state index in [-0.39, 0.29) is 24.0 Å². The fourth-order valence-electron chi connectivity index (χ4n) is 3.69. The second kappa shape index (κ2) is 13.2. The van der Waals surface area contributed by atoms with Gasteiger partial charge in [0, 0.05) is 38.9 Å². The van der Waals surface area contributed by atoms with E-state index in [2.05, 4.69) is 28.6 Å². The van der Waals surface area contributed by atoms with Gasteiger partial charge < -0.3 is 20.1 Å². The molecule has 0 aromatic heterocycles. The van der Waals surface area contributed by atoms with E-state index in [4.69, 9.17) is 9.47 Å². The van der Waals surface area contributed by atoms with E-state index < -0.39 is 0 Å². The Kier molecular flexibility index (Phi) is 11.7. The Balaban J connectivity index is 0.00000364. The summed E-state index contributed by atoms with van der Waals surface area (Å²) < 4.78 is 11.3. The number of halogens is 1. The molecule has 1 saturated carbocycles. The maximum atomic E-state index is 5.70. The highest BCUT2D eigenvalue weighted by atomic mass is 127. The molecule has 0 aliphatic heterocycles. The van der Waals surface area contributed by atoms with Crippen molar-refractivity contribution in [1.82, 2.24) is 10.6 Å². The third-order valence-electron chi connectivity index (χ3n) is 5.22. The molecule has 0 unspecified atom stereocenters. The summed E-state index contributed by atoms with van der Waals surface area (Å²) in [5.41, 5.74) is 1.49. The lowest BCUT2D eigenvalue weighted by atomic mass is 9.83. The predicted molar refractivity (Wildman–Crippen MR) is 123 cm³/mol. The van der Waals surface area contributed by atoms with Crippen LogP contribution in [0.25, 0.3) is 0 Å². The maximum absolute atomic E-state index is 5.70. The van der Waals surface area contributed by atoms with Crippen molar-refractivity contribution >= 4 is 29.9 Å². The molecule has 0 radical (unpaired) electrons. The molecule has 6 heteroatoms. The van der Waals surface area contributed by atoms with Crippen LogP contribution in [-0.4, -0.2) is 39.4 Å². The van der Waals surface area contributed by atoms with Gasteiger partial charge in [0.15, 0.2) is 5.96 Å². The lowest BCUT2D eigenvalue weighted by Crippen LogP contribution is -2.43. The Bertz CT molecular complexity index is 560. The summed E-state index contributed by atoms with van der Waals surface area (Å²) in [4.78, 5) is 4.39. The number of benzene rings is 1. The van der Waals surface area contributed by atoms with Crippen molar-refractivity contribution < 1.29 is 9.47 Å². The molecule has 27 heavy (non-hydrogen) atoms. The number of guanidine groups is 1. The van der Waals surface area contributed by atoms with Crippen molar-refractivity contribution in [2.24, 2.45) is 10.4 Å². The van der Waals surface area contributed by atoms with Crippen LogP contribution in [0.3, 0.4) is 0 Å². The van der Waals surface area contributed by atoms with Crippen molar-refractivity contribution in [2.45, 2.75) is 52.5 Å². The molecule has 0 saturated heterocycles. The largest absolute Gasteiger partial charge is 0.494 e. The summed E-state index contributed by atoms with van der Waals surface area (Å²) in [6.45, 7) is 8.04. The van der Waals surface area contributed by atoms with Crippen molar-refractivity contribution in [3.8, 4) is 5.75 Å². The standard InChI is InChI=1S/C21H35N3O2.HI/c1-4-25-15-14-21(12-8-9-13-21)17-24-20(22-3)23-16-18-10-6-7-11-19(18)26-5-2;/h6-7,10-11H,4-5,8-9,12-17H2,1-3H3,(H2,22,23,24);1H. The molecule has 154 valence electrons. The minimum absolute atomic E-state index is 0. The third kappa shape index (κ3) is 7.86. The predicted octanol–water partition coefficient (Wildman–Crippen LogP) is 4.36. The summed E-state index contributed by atoms with van der Waals surface area (Å²) >= 11 is 0. The molecule has 0 bridgehead atoms. The molecule has 1 aliphatic rings. The molecular weight excluding hydrogens is 453 g/mol. The van der Waals surface area contributed by atoms with Gasteiger partial charge >= 0.3 is 0 Å². The van der Waals surface area contributed by atoms with Gasteiger partial charge in [-0.1, -0.05) is 31.0 Å². The number of hydrogen-bond acceptors (Lipinski definition) is 3. The number of aliphatic imine (C=N–C) groups is 1. The first-order chi connectivity index (χ1) is 12.7. The second-order valence-electron chi connectivity index (χ2n) is 6.97. The van der Waals surface area contributed by atoms with Gasteiger partial charge in [-0.25, -0.2) is 0 Å². The summed E-state index contributed by atoms with van der Waals surface area (Å²) in [5, 5.41) is 6.96. The van der Waals surface area contributed by atoms with Crippen molar-refractivity contribution in [1.29, 1.82) is 0 Å². The number of nitrogens with one attached hydrogen (secondary N) is 2. The molecule has 2 N–H and O–H groups in total. The lowest BCUT2D eigenvalue weighted by molar-refractivity contribution is 0.105. The highest BCUT2D eigenvalue weighted by Gasteiger charge is 2.33. The van der Waals surface area contributed by atoms with Crippen LogP contribution < -0.4 is 15.4 Å². The first-order valence-electron chi connectivity index (χ1n) is 9.96. The normalized spacial score (nSPS) is 15.9. The average molecular weight is 489 g/mol. The number of hydrogen-bond donors (Lipinski definition) is 2. The van der Waals surface area contributed by atoms with Crippen LogP contribution in [0.4, 0.5) is 0 Å². The minimum atomic E-state index is 0. The molecule has 1 fully saturated rings. The zero-order chi connectivity index (χ0) is 18.7. The number of ether oxygens (including phenoxy) is 2. The van der Waals surface area contributed by atoms with Crippen molar-refractivity contribution in [3.63, 3.8) is 0 Å². The van der Waals surface area contributed by atoms with E-state index in [9.17, 15) is 0 Å². The zero-order valence-corrected chi connectivity index (χ0v) is 19.4. The highest BCUT2D eigenvalue weighted by Crippen LogP contribution is 2.40. The fraction of sp³-hybridized carbons (Fsp3) is 0.667. The molecule has 0 atom stereocenters. The highest BCUT2D eigenvalue weighted by molar-refractivity contribution is 14.0. The van der Waals surface area contributed by atoms with Crippen LogP contribution in [0.1, 0.15) is 51.5 Å². The van der Waals surface area contributed by atoms with Gasteiger partial charge in [-0.15, -0.1) is 24.0 Å². The van der Waals surface area contributed by atoms with Gasteiger partial charge in [0.1, 0.15) is 5.75 Å². The molecular formula is C21H36IN3O2.